The van der Waals surface area contributed by atoms with Crippen molar-refractivity contribution in [3.8, 4) is 0 Å². The van der Waals surface area contributed by atoms with Gasteiger partial charge in [0.1, 0.15) is 5.76 Å². The molecule has 3 rings (SSSR count). The van der Waals surface area contributed by atoms with E-state index in [1.165, 1.54) is 0 Å². The van der Waals surface area contributed by atoms with E-state index < -0.39 is 5.79 Å². The van der Waals surface area contributed by atoms with Gasteiger partial charge in [0.15, 0.2) is 5.79 Å². The van der Waals surface area contributed by atoms with E-state index in [0.717, 1.165) is 11.3 Å². The summed E-state index contributed by atoms with van der Waals surface area (Å²) in [5.41, 5.74) is 0.901. The SMILES string of the molecule is CC1(CCNC(=O)C(Cc2ccco2)c2ccc(Cl)cc2)OCCO1. The second-order valence-corrected chi connectivity index (χ2v) is 6.70. The number of ether oxygens (including phenoxy) is 2. The Bertz CT molecular complexity index is 678. The topological polar surface area (TPSA) is 60.7 Å². The minimum absolute atomic E-state index is 0.0553. The highest BCUT2D eigenvalue weighted by atomic mass is 35.5. The maximum Gasteiger partial charge on any atom is 0.228 e. The van der Waals surface area contributed by atoms with Crippen molar-refractivity contribution in [2.45, 2.75) is 31.5 Å². The van der Waals surface area contributed by atoms with Crippen molar-refractivity contribution in [3.63, 3.8) is 0 Å². The number of halogens is 1. The van der Waals surface area contributed by atoms with Crippen LogP contribution in [0.15, 0.2) is 47.1 Å². The third-order valence-corrected chi connectivity index (χ3v) is 4.60. The zero-order valence-electron chi connectivity index (χ0n) is 14.2. The first-order valence-corrected chi connectivity index (χ1v) is 8.77. The lowest BCUT2D eigenvalue weighted by Gasteiger charge is -2.23. The molecule has 1 saturated heterocycles. The predicted molar refractivity (Wildman–Crippen MR) is 94.5 cm³/mol. The molecule has 2 aromatic rings. The van der Waals surface area contributed by atoms with E-state index in [2.05, 4.69) is 5.32 Å². The average Bonchev–Trinajstić information content (AvgIpc) is 3.25. The van der Waals surface area contributed by atoms with E-state index in [1.807, 2.05) is 31.2 Å². The highest BCUT2D eigenvalue weighted by molar-refractivity contribution is 6.30. The lowest BCUT2D eigenvalue weighted by molar-refractivity contribution is -0.146. The molecule has 1 fully saturated rings. The Hall–Kier alpha value is -1.82. The molecule has 0 saturated carbocycles. The third-order valence-electron chi connectivity index (χ3n) is 4.35. The van der Waals surface area contributed by atoms with Crippen molar-refractivity contribution in [1.29, 1.82) is 0 Å². The normalized spacial score (nSPS) is 17.4. The Morgan fingerprint density at radius 1 is 1.24 bits per heavy atom. The van der Waals surface area contributed by atoms with Gasteiger partial charge in [-0.05, 0) is 36.8 Å². The van der Waals surface area contributed by atoms with Crippen LogP contribution in [0.5, 0.6) is 0 Å². The van der Waals surface area contributed by atoms with Crippen LogP contribution < -0.4 is 5.32 Å². The number of benzene rings is 1. The van der Waals surface area contributed by atoms with E-state index in [-0.39, 0.29) is 11.8 Å². The van der Waals surface area contributed by atoms with Gasteiger partial charge in [-0.1, -0.05) is 23.7 Å². The summed E-state index contributed by atoms with van der Waals surface area (Å²) in [6, 6.07) is 11.0. The van der Waals surface area contributed by atoms with E-state index >= 15 is 0 Å². The monoisotopic (exact) mass is 363 g/mol. The number of nitrogens with one attached hydrogen (secondary N) is 1. The lowest BCUT2D eigenvalue weighted by atomic mass is 9.93. The number of hydrogen-bond donors (Lipinski definition) is 1. The smallest absolute Gasteiger partial charge is 0.228 e. The van der Waals surface area contributed by atoms with Gasteiger partial charge in [-0.25, -0.2) is 0 Å². The second kappa shape index (κ2) is 8.04. The predicted octanol–water partition coefficient (Wildman–Crippen LogP) is 3.53. The molecule has 1 aromatic carbocycles. The van der Waals surface area contributed by atoms with Gasteiger partial charge in [-0.2, -0.15) is 0 Å². The first-order chi connectivity index (χ1) is 12.1. The van der Waals surface area contributed by atoms with Gasteiger partial charge in [0.25, 0.3) is 0 Å². The van der Waals surface area contributed by atoms with E-state index in [1.54, 1.807) is 18.4 Å². The number of furan rings is 1. The summed E-state index contributed by atoms with van der Waals surface area (Å²) in [5.74, 6) is -0.240. The lowest BCUT2D eigenvalue weighted by Crippen LogP contribution is -2.36. The van der Waals surface area contributed by atoms with Gasteiger partial charge < -0.3 is 19.2 Å². The molecule has 0 spiro atoms. The molecule has 1 atom stereocenters. The largest absolute Gasteiger partial charge is 0.469 e. The number of carbonyl (C=O) groups excluding carboxylic acids is 1. The molecule has 0 radical (unpaired) electrons. The van der Waals surface area contributed by atoms with Crippen LogP contribution in [0, 0.1) is 0 Å². The van der Waals surface area contributed by atoms with E-state index in [4.69, 9.17) is 25.5 Å². The summed E-state index contributed by atoms with van der Waals surface area (Å²) in [4.78, 5) is 12.8. The van der Waals surface area contributed by atoms with Crippen molar-refractivity contribution in [1.82, 2.24) is 5.32 Å². The minimum Gasteiger partial charge on any atom is -0.469 e. The molecule has 1 amide bonds. The Labute approximate surface area is 152 Å². The Balaban J connectivity index is 1.65. The third kappa shape index (κ3) is 4.84. The average molecular weight is 364 g/mol. The first-order valence-electron chi connectivity index (χ1n) is 8.39. The standard InChI is InChI=1S/C19H22ClNO4/c1-19(24-11-12-25-19)8-9-21-18(22)17(13-16-3-2-10-23-16)14-4-6-15(20)7-5-14/h2-7,10,17H,8-9,11-13H2,1H3,(H,21,22). The van der Waals surface area contributed by atoms with Crippen molar-refractivity contribution in [2.24, 2.45) is 0 Å². The molecule has 6 heteroatoms. The van der Waals surface area contributed by atoms with Crippen molar-refractivity contribution in [2.75, 3.05) is 19.8 Å². The maximum atomic E-state index is 12.8. The quantitative estimate of drug-likeness (QED) is 0.817. The van der Waals surface area contributed by atoms with Crippen LogP contribution in [0.25, 0.3) is 0 Å². The summed E-state index contributed by atoms with van der Waals surface area (Å²) in [7, 11) is 0. The fraction of sp³-hybridized carbons (Fsp3) is 0.421. The molecule has 0 aliphatic carbocycles. The van der Waals surface area contributed by atoms with Crippen molar-refractivity contribution < 1.29 is 18.7 Å². The summed E-state index contributed by atoms with van der Waals surface area (Å²) >= 11 is 5.96. The first kappa shape index (κ1) is 18.0. The number of rotatable bonds is 7. The molecular weight excluding hydrogens is 342 g/mol. The summed E-state index contributed by atoms with van der Waals surface area (Å²) in [6.07, 6.45) is 2.71. The van der Waals surface area contributed by atoms with Crippen LogP contribution in [-0.4, -0.2) is 31.5 Å². The van der Waals surface area contributed by atoms with Gasteiger partial charge in [0.05, 0.1) is 25.4 Å². The number of hydrogen-bond acceptors (Lipinski definition) is 4. The maximum absolute atomic E-state index is 12.8. The summed E-state index contributed by atoms with van der Waals surface area (Å²) < 4.78 is 16.5. The van der Waals surface area contributed by atoms with Crippen LogP contribution >= 0.6 is 11.6 Å². The molecular formula is C19H22ClNO4. The van der Waals surface area contributed by atoms with Gasteiger partial charge in [0.2, 0.25) is 5.91 Å². The molecule has 134 valence electrons. The molecule has 1 N–H and O–H groups in total. The van der Waals surface area contributed by atoms with E-state index in [9.17, 15) is 4.79 Å². The molecule has 1 unspecified atom stereocenters. The van der Waals surface area contributed by atoms with Crippen LogP contribution in [0.3, 0.4) is 0 Å². The zero-order valence-corrected chi connectivity index (χ0v) is 14.9. The van der Waals surface area contributed by atoms with E-state index in [0.29, 0.717) is 37.6 Å². The molecule has 0 bridgehead atoms. The van der Waals surface area contributed by atoms with Gasteiger partial charge >= 0.3 is 0 Å². The van der Waals surface area contributed by atoms with Gasteiger partial charge in [0, 0.05) is 24.4 Å². The fourth-order valence-electron chi connectivity index (χ4n) is 2.92. The highest BCUT2D eigenvalue weighted by Crippen LogP contribution is 2.25. The Morgan fingerprint density at radius 2 is 1.96 bits per heavy atom. The molecule has 5 nitrogen and oxygen atoms in total. The van der Waals surface area contributed by atoms with Crippen LogP contribution in [-0.2, 0) is 20.7 Å². The molecule has 1 aliphatic rings. The fourth-order valence-corrected chi connectivity index (χ4v) is 3.05. The number of amides is 1. The van der Waals surface area contributed by atoms with Gasteiger partial charge in [-0.3, -0.25) is 4.79 Å². The zero-order chi connectivity index (χ0) is 17.7. The van der Waals surface area contributed by atoms with Crippen molar-refractivity contribution >= 4 is 17.5 Å². The summed E-state index contributed by atoms with van der Waals surface area (Å²) in [5, 5.41) is 3.63. The molecule has 2 heterocycles. The summed E-state index contributed by atoms with van der Waals surface area (Å²) in [6.45, 7) is 3.57. The van der Waals surface area contributed by atoms with Crippen LogP contribution in [0.4, 0.5) is 0 Å². The second-order valence-electron chi connectivity index (χ2n) is 6.26. The molecule has 1 aromatic heterocycles. The molecule has 25 heavy (non-hydrogen) atoms. The Morgan fingerprint density at radius 3 is 2.60 bits per heavy atom. The van der Waals surface area contributed by atoms with Gasteiger partial charge in [-0.15, -0.1) is 0 Å². The van der Waals surface area contributed by atoms with Crippen molar-refractivity contribution in [3.05, 3.63) is 59.0 Å². The van der Waals surface area contributed by atoms with Crippen LogP contribution in [0.1, 0.15) is 30.6 Å². The number of carbonyl (C=O) groups is 1. The Kier molecular flexibility index (Phi) is 5.78. The minimum atomic E-state index is -0.607. The van der Waals surface area contributed by atoms with Crippen LogP contribution in [0.2, 0.25) is 5.02 Å². The highest BCUT2D eigenvalue weighted by Gasteiger charge is 2.31. The molecule has 1 aliphatic heterocycles.